The summed E-state index contributed by atoms with van der Waals surface area (Å²) in [7, 11) is -3.49. The molecule has 0 aromatic carbocycles. The van der Waals surface area contributed by atoms with Crippen molar-refractivity contribution in [2.24, 2.45) is 40.4 Å². The highest BCUT2D eigenvalue weighted by atomic mass is 32.3. The van der Waals surface area contributed by atoms with E-state index in [9.17, 15) is 58.6 Å². The average molecular weight is 1020 g/mol. The average Bonchev–Trinajstić information content (AvgIpc) is 3.76. The highest BCUT2D eigenvalue weighted by Crippen LogP contribution is 2.70. The number of ether oxygens (including phenoxy) is 9. The quantitative estimate of drug-likeness (QED) is 0.0580. The van der Waals surface area contributed by atoms with Gasteiger partial charge < -0.3 is 83.5 Å². The van der Waals surface area contributed by atoms with Crippen LogP contribution in [0.25, 0.3) is 0 Å². The van der Waals surface area contributed by atoms with Crippen molar-refractivity contribution in [3.05, 3.63) is 23.8 Å². The van der Waals surface area contributed by atoms with E-state index < -0.39 is 139 Å². The number of fused-ring (bicyclic) bond motifs is 7. The largest absolute Gasteiger partial charge is 0.457 e. The van der Waals surface area contributed by atoms with E-state index in [2.05, 4.69) is 33.4 Å². The zero-order chi connectivity index (χ0) is 51.0. The number of esters is 1. The molecule has 4 aliphatic heterocycles. The lowest BCUT2D eigenvalue weighted by Crippen LogP contribution is -2.64. The van der Waals surface area contributed by atoms with Crippen LogP contribution in [0.4, 0.5) is 0 Å². The number of allylic oxidation sites excluding steroid dienone is 1. The van der Waals surface area contributed by atoms with Gasteiger partial charge in [0, 0.05) is 38.2 Å². The van der Waals surface area contributed by atoms with Gasteiger partial charge in [0.2, 0.25) is 0 Å². The second-order valence-corrected chi connectivity index (χ2v) is 22.5. The molecular weight excluding hydrogens is 949 g/mol. The van der Waals surface area contributed by atoms with Gasteiger partial charge in [-0.1, -0.05) is 44.6 Å². The molecule has 0 bridgehead atoms. The van der Waals surface area contributed by atoms with Crippen LogP contribution in [-0.4, -0.2) is 197 Å². The number of carbonyl (C=O) groups is 1. The SMILES string of the molecule is C=C(CCC1(OC)OC2C[C@H]3[C@@H]4CC=C5C[C@@H](O)C[C@@H](O[C@@H]6OC[C@H](OS(=O)(=O)O)[C@H](OC(C)=O)[C@H]6O[C@@H]6O[C@@H](C)[C@H](O)[C@@H](O)[C@H]6O)[C@]5(C)[C@H]4CC[C@]3(C)C2C1C)CO[C@@H]1O[C@H](CO)[C@@H](O)[C@H](O)[C@H]1O. The van der Waals surface area contributed by atoms with Crippen molar-refractivity contribution in [2.75, 3.05) is 26.9 Å². The third kappa shape index (κ3) is 9.94. The Morgan fingerprint density at radius 1 is 0.900 bits per heavy atom. The van der Waals surface area contributed by atoms with Crippen LogP contribution >= 0.6 is 0 Å². The summed E-state index contributed by atoms with van der Waals surface area (Å²) in [6.45, 7) is 12.2. The molecule has 3 saturated carbocycles. The van der Waals surface area contributed by atoms with E-state index in [-0.39, 0.29) is 54.1 Å². The maximum atomic E-state index is 12.6. The second kappa shape index (κ2) is 20.7. The Morgan fingerprint density at radius 2 is 1.60 bits per heavy atom. The van der Waals surface area contributed by atoms with Gasteiger partial charge in [0.25, 0.3) is 0 Å². The zero-order valence-corrected chi connectivity index (χ0v) is 41.3. The fraction of sp³-hybridized carbons (Fsp3) is 0.894. The van der Waals surface area contributed by atoms with Crippen LogP contribution in [0.5, 0.6) is 0 Å². The van der Waals surface area contributed by atoms with Crippen molar-refractivity contribution >= 4 is 16.4 Å². The van der Waals surface area contributed by atoms with Crippen LogP contribution in [0.15, 0.2) is 23.8 Å². The summed E-state index contributed by atoms with van der Waals surface area (Å²) < 4.78 is 93.7. The van der Waals surface area contributed by atoms with Crippen molar-refractivity contribution in [3.8, 4) is 0 Å². The Labute approximate surface area is 408 Å². The summed E-state index contributed by atoms with van der Waals surface area (Å²) in [5.74, 6) is -1.25. The molecule has 8 rings (SSSR count). The van der Waals surface area contributed by atoms with E-state index in [1.807, 2.05) is 0 Å². The van der Waals surface area contributed by atoms with Crippen LogP contribution in [0.1, 0.15) is 86.0 Å². The van der Waals surface area contributed by atoms with E-state index in [0.717, 1.165) is 38.2 Å². The van der Waals surface area contributed by atoms with Gasteiger partial charge in [0.1, 0.15) is 48.8 Å². The minimum absolute atomic E-state index is 0.0224. The van der Waals surface area contributed by atoms with Crippen molar-refractivity contribution in [1.82, 2.24) is 0 Å². The first-order chi connectivity index (χ1) is 32.9. The summed E-state index contributed by atoms with van der Waals surface area (Å²) in [6, 6.07) is 0. The van der Waals surface area contributed by atoms with E-state index in [4.69, 9.17) is 46.8 Å². The summed E-state index contributed by atoms with van der Waals surface area (Å²) in [5, 5.41) is 83.8. The third-order valence-corrected chi connectivity index (χ3v) is 18.1. The number of rotatable bonds is 15. The summed E-state index contributed by atoms with van der Waals surface area (Å²) >= 11 is 0. The highest BCUT2D eigenvalue weighted by Gasteiger charge is 2.69. The van der Waals surface area contributed by atoms with Crippen LogP contribution < -0.4 is 0 Å². The van der Waals surface area contributed by atoms with Gasteiger partial charge in [-0.25, -0.2) is 4.18 Å². The van der Waals surface area contributed by atoms with Crippen LogP contribution in [-0.2, 0) is 62.0 Å². The third-order valence-electron chi connectivity index (χ3n) is 17.6. The molecular formula is C47H74O22S. The highest BCUT2D eigenvalue weighted by molar-refractivity contribution is 7.80. The Kier molecular flexibility index (Phi) is 16.1. The summed E-state index contributed by atoms with van der Waals surface area (Å²) in [6.07, 6.45) is -15.9. The van der Waals surface area contributed by atoms with Crippen molar-refractivity contribution in [3.63, 3.8) is 0 Å². The number of methoxy groups -OCH3 is 1. The lowest BCUT2D eigenvalue weighted by atomic mass is 9.46. The van der Waals surface area contributed by atoms with Crippen molar-refractivity contribution < 1.29 is 105 Å². The number of aliphatic hydroxyl groups excluding tert-OH is 8. The number of hydrogen-bond acceptors (Lipinski definition) is 21. The number of aliphatic hydroxyl groups is 8. The Balaban J connectivity index is 0.992. The van der Waals surface area contributed by atoms with E-state index in [1.54, 1.807) is 7.11 Å². The first-order valence-corrected chi connectivity index (χ1v) is 25.9. The Hall–Kier alpha value is -1.82. The molecule has 8 aliphatic rings. The van der Waals surface area contributed by atoms with Gasteiger partial charge >= 0.3 is 16.4 Å². The second-order valence-electron chi connectivity index (χ2n) is 21.5. The standard InChI is InChI=1S/C47H74O22S/c1-20(18-61-42-38(55)37(54)35(52)30(17-48)65-42)10-13-47(60-7)21(2)33-29(68-47)16-28-26-9-8-24-14-25(50)15-32(46(24,6)27(26)11-12-45(28,33)5)66-44-41(67-43-39(56)36(53)34(51)22(3)63-43)40(64-23(4)49)31(19-62-44)69-70(57,58)59/h8,21-22,25-44,48,50-56H,1,9-19H2,2-7H3,(H,57,58,59)/t21?,22-,25+,26+,27-,28-,29?,30+,31-,32+,33?,34-,35+,36+,37-,38+,39+,40-,41+,42+,43-,44-,45-,46-,47?/m0/s1. The summed E-state index contributed by atoms with van der Waals surface area (Å²) in [4.78, 5) is 12.6. The van der Waals surface area contributed by atoms with Crippen LogP contribution in [0.2, 0.25) is 0 Å². The van der Waals surface area contributed by atoms with Crippen LogP contribution in [0.3, 0.4) is 0 Å². The fourth-order valence-electron chi connectivity index (χ4n) is 14.0. The van der Waals surface area contributed by atoms with Crippen molar-refractivity contribution in [1.29, 1.82) is 0 Å². The Morgan fingerprint density at radius 3 is 2.27 bits per heavy atom. The molecule has 0 amide bonds. The Bertz CT molecular complexity index is 2020. The monoisotopic (exact) mass is 1020 g/mol. The number of carbonyl (C=O) groups excluding carboxylic acids is 1. The zero-order valence-electron chi connectivity index (χ0n) is 40.5. The maximum absolute atomic E-state index is 12.6. The lowest BCUT2D eigenvalue weighted by Gasteiger charge is -2.60. The lowest BCUT2D eigenvalue weighted by molar-refractivity contribution is -0.361. The molecule has 25 atom stereocenters. The van der Waals surface area contributed by atoms with Crippen molar-refractivity contribution in [2.45, 2.75) is 196 Å². The smallest absolute Gasteiger partial charge is 0.397 e. The molecule has 4 heterocycles. The van der Waals surface area contributed by atoms with E-state index in [1.165, 1.54) is 6.92 Å². The first kappa shape index (κ1) is 54.4. The fourth-order valence-corrected chi connectivity index (χ4v) is 14.5. The molecule has 23 heteroatoms. The normalized spacial score (nSPS) is 50.3. The molecule has 7 fully saturated rings. The van der Waals surface area contributed by atoms with Gasteiger partial charge in [0.15, 0.2) is 36.9 Å². The molecule has 9 N–H and O–H groups in total. The minimum Gasteiger partial charge on any atom is -0.457 e. The molecule has 0 radical (unpaired) electrons. The molecule has 0 aromatic rings. The van der Waals surface area contributed by atoms with Gasteiger partial charge in [-0.2, -0.15) is 8.42 Å². The van der Waals surface area contributed by atoms with Gasteiger partial charge in [-0.05, 0) is 74.5 Å². The molecule has 4 unspecified atom stereocenters. The summed E-state index contributed by atoms with van der Waals surface area (Å²) in [5.41, 5.74) is 0.857. The van der Waals surface area contributed by atoms with E-state index in [0.29, 0.717) is 24.8 Å². The molecule has 0 aromatic heterocycles. The molecule has 70 heavy (non-hydrogen) atoms. The van der Waals surface area contributed by atoms with Gasteiger partial charge in [0.05, 0.1) is 44.2 Å². The predicted molar refractivity (Wildman–Crippen MR) is 238 cm³/mol. The molecule has 4 aliphatic carbocycles. The topological polar surface area (TPSA) is 326 Å². The van der Waals surface area contributed by atoms with Gasteiger partial charge in [-0.15, -0.1) is 0 Å². The first-order valence-electron chi connectivity index (χ1n) is 24.5. The molecule has 4 saturated heterocycles. The maximum Gasteiger partial charge on any atom is 0.397 e. The molecule has 400 valence electrons. The molecule has 22 nitrogen and oxygen atoms in total. The van der Waals surface area contributed by atoms with E-state index >= 15 is 0 Å². The van der Waals surface area contributed by atoms with Crippen LogP contribution in [0, 0.1) is 40.4 Å². The molecule has 0 spiro atoms. The number of hydrogen-bond donors (Lipinski definition) is 9. The minimum atomic E-state index is -5.14. The predicted octanol–water partition coefficient (Wildman–Crippen LogP) is -0.249. The van der Waals surface area contributed by atoms with Gasteiger partial charge in [-0.3, -0.25) is 9.35 Å².